The van der Waals surface area contributed by atoms with Gasteiger partial charge in [0.15, 0.2) is 5.75 Å². The molecule has 5 heteroatoms. The number of nitrogens with zero attached hydrogens (tertiary/aromatic N) is 1. The highest BCUT2D eigenvalue weighted by Gasteiger charge is 2.14. The zero-order valence-electron chi connectivity index (χ0n) is 11.9. The Morgan fingerprint density at radius 1 is 1.24 bits per heavy atom. The van der Waals surface area contributed by atoms with E-state index in [0.29, 0.717) is 12.4 Å². The summed E-state index contributed by atoms with van der Waals surface area (Å²) in [5.74, 6) is 0.318. The maximum Gasteiger partial charge on any atom is 0.311 e. The third kappa shape index (κ3) is 4.21. The lowest BCUT2D eigenvalue weighted by molar-refractivity contribution is -0.385. The van der Waals surface area contributed by atoms with E-state index in [-0.39, 0.29) is 5.69 Å². The van der Waals surface area contributed by atoms with Crippen molar-refractivity contribution >= 4 is 11.4 Å². The average molecular weight is 286 g/mol. The highest BCUT2D eigenvalue weighted by molar-refractivity contribution is 5.48. The molecule has 110 valence electrons. The molecule has 0 spiro atoms. The molecule has 0 bridgehead atoms. The van der Waals surface area contributed by atoms with Crippen LogP contribution in [-0.4, -0.2) is 11.5 Å². The number of benzene rings is 2. The Labute approximate surface area is 123 Å². The molecule has 2 aromatic carbocycles. The molecule has 0 amide bonds. The minimum Gasteiger partial charge on any atom is -0.487 e. The Hall–Kier alpha value is -2.56. The summed E-state index contributed by atoms with van der Waals surface area (Å²) in [6, 6.07) is 12.7. The molecule has 2 N–H and O–H groups in total. The molecule has 0 aromatic heterocycles. The van der Waals surface area contributed by atoms with Gasteiger partial charge < -0.3 is 10.5 Å². The van der Waals surface area contributed by atoms with Gasteiger partial charge in [-0.2, -0.15) is 0 Å². The predicted octanol–water partition coefficient (Wildman–Crippen LogP) is 3.50. The molecule has 0 atom stereocenters. The minimum absolute atomic E-state index is 0.0129. The molecular formula is C16H18N2O3. The van der Waals surface area contributed by atoms with Crippen LogP contribution in [0.4, 0.5) is 11.4 Å². The lowest BCUT2D eigenvalue weighted by Crippen LogP contribution is -2.02. The first-order valence-corrected chi connectivity index (χ1v) is 6.78. The van der Waals surface area contributed by atoms with Crippen LogP contribution in [0.3, 0.4) is 0 Å². The summed E-state index contributed by atoms with van der Waals surface area (Å²) in [4.78, 5) is 10.6. The molecule has 2 aromatic rings. The summed E-state index contributed by atoms with van der Waals surface area (Å²) in [5, 5.41) is 11.0. The first kappa shape index (κ1) is 14.8. The summed E-state index contributed by atoms with van der Waals surface area (Å²) >= 11 is 0. The quantitative estimate of drug-likeness (QED) is 0.381. The van der Waals surface area contributed by atoms with Gasteiger partial charge in [0.25, 0.3) is 0 Å². The molecule has 0 fully saturated rings. The Bertz CT molecular complexity index is 641. The third-order valence-corrected chi connectivity index (χ3v) is 3.13. The number of nitro groups is 1. The minimum atomic E-state index is -0.416. The van der Waals surface area contributed by atoms with Crippen molar-refractivity contribution < 1.29 is 9.66 Å². The van der Waals surface area contributed by atoms with Gasteiger partial charge in [-0.1, -0.05) is 18.2 Å². The van der Waals surface area contributed by atoms with Gasteiger partial charge in [-0.05, 0) is 49.1 Å². The molecule has 0 aliphatic rings. The van der Waals surface area contributed by atoms with E-state index in [1.165, 1.54) is 6.07 Å². The topological polar surface area (TPSA) is 78.4 Å². The number of nitrogen functional groups attached to an aromatic ring is 1. The number of aryl methyl sites for hydroxylation is 2. The number of hydrogen-bond donors (Lipinski definition) is 1. The molecule has 0 saturated carbocycles. The molecule has 0 unspecified atom stereocenters. The fourth-order valence-electron chi connectivity index (χ4n) is 2.10. The molecule has 5 nitrogen and oxygen atoms in total. The standard InChI is InChI=1S/C16H18N2O3/c1-12-7-8-16(15(10-12)18(19)20)21-9-3-5-13-4-2-6-14(17)11-13/h2,4,6-8,10-11H,3,5,9,17H2,1H3. The molecule has 0 heterocycles. The zero-order chi connectivity index (χ0) is 15.2. The van der Waals surface area contributed by atoms with Gasteiger partial charge >= 0.3 is 5.69 Å². The highest BCUT2D eigenvalue weighted by atomic mass is 16.6. The van der Waals surface area contributed by atoms with E-state index in [4.69, 9.17) is 10.5 Å². The predicted molar refractivity (Wildman–Crippen MR) is 82.5 cm³/mol. The maximum atomic E-state index is 11.0. The van der Waals surface area contributed by atoms with E-state index in [1.807, 2.05) is 31.2 Å². The first-order chi connectivity index (χ1) is 10.1. The van der Waals surface area contributed by atoms with Gasteiger partial charge in [0.05, 0.1) is 11.5 Å². The van der Waals surface area contributed by atoms with Crippen LogP contribution in [0.1, 0.15) is 17.5 Å². The lowest BCUT2D eigenvalue weighted by atomic mass is 10.1. The number of hydrogen-bond acceptors (Lipinski definition) is 4. The fraction of sp³-hybridized carbons (Fsp3) is 0.250. The van der Waals surface area contributed by atoms with Crippen LogP contribution in [0.5, 0.6) is 5.75 Å². The van der Waals surface area contributed by atoms with Crippen LogP contribution in [0, 0.1) is 17.0 Å². The van der Waals surface area contributed by atoms with E-state index in [2.05, 4.69) is 0 Å². The van der Waals surface area contributed by atoms with Crippen molar-refractivity contribution in [3.05, 3.63) is 63.7 Å². The summed E-state index contributed by atoms with van der Waals surface area (Å²) < 4.78 is 5.53. The Kier molecular flexibility index (Phi) is 4.77. The van der Waals surface area contributed by atoms with Crippen LogP contribution >= 0.6 is 0 Å². The largest absolute Gasteiger partial charge is 0.487 e. The molecule has 21 heavy (non-hydrogen) atoms. The van der Waals surface area contributed by atoms with Crippen molar-refractivity contribution in [2.75, 3.05) is 12.3 Å². The molecule has 0 saturated heterocycles. The number of nitrogens with two attached hydrogens (primary N) is 1. The molecular weight excluding hydrogens is 268 g/mol. The van der Waals surface area contributed by atoms with Crippen molar-refractivity contribution in [3.8, 4) is 5.75 Å². The maximum absolute atomic E-state index is 11.0. The molecule has 2 rings (SSSR count). The van der Waals surface area contributed by atoms with Crippen molar-refractivity contribution in [1.29, 1.82) is 0 Å². The van der Waals surface area contributed by atoms with Gasteiger partial charge in [0.2, 0.25) is 0 Å². The van der Waals surface area contributed by atoms with Crippen molar-refractivity contribution in [2.24, 2.45) is 0 Å². The van der Waals surface area contributed by atoms with Gasteiger partial charge in [-0.3, -0.25) is 10.1 Å². The Morgan fingerprint density at radius 2 is 2.05 bits per heavy atom. The van der Waals surface area contributed by atoms with E-state index in [1.54, 1.807) is 12.1 Å². The van der Waals surface area contributed by atoms with E-state index in [9.17, 15) is 10.1 Å². The smallest absolute Gasteiger partial charge is 0.311 e. The van der Waals surface area contributed by atoms with Gasteiger partial charge in [-0.25, -0.2) is 0 Å². The lowest BCUT2D eigenvalue weighted by Gasteiger charge is -2.07. The normalized spacial score (nSPS) is 10.3. The van der Waals surface area contributed by atoms with Crippen molar-refractivity contribution in [2.45, 2.75) is 19.8 Å². The van der Waals surface area contributed by atoms with Crippen molar-refractivity contribution in [3.63, 3.8) is 0 Å². The third-order valence-electron chi connectivity index (χ3n) is 3.13. The van der Waals surface area contributed by atoms with Crippen LogP contribution in [-0.2, 0) is 6.42 Å². The summed E-state index contributed by atoms with van der Waals surface area (Å²) in [6.07, 6.45) is 1.60. The second kappa shape index (κ2) is 6.74. The number of anilines is 1. The highest BCUT2D eigenvalue weighted by Crippen LogP contribution is 2.27. The van der Waals surface area contributed by atoms with E-state index >= 15 is 0 Å². The summed E-state index contributed by atoms with van der Waals surface area (Å²) in [6.45, 7) is 2.25. The average Bonchev–Trinajstić information content (AvgIpc) is 2.44. The van der Waals surface area contributed by atoms with Crippen molar-refractivity contribution in [1.82, 2.24) is 0 Å². The monoisotopic (exact) mass is 286 g/mol. The summed E-state index contributed by atoms with van der Waals surface area (Å²) in [7, 11) is 0. The fourth-order valence-corrected chi connectivity index (χ4v) is 2.10. The summed E-state index contributed by atoms with van der Waals surface area (Å²) in [5.41, 5.74) is 8.44. The molecule has 0 aliphatic heterocycles. The van der Waals surface area contributed by atoms with Crippen LogP contribution in [0.15, 0.2) is 42.5 Å². The van der Waals surface area contributed by atoms with Gasteiger partial charge in [0, 0.05) is 11.8 Å². The SMILES string of the molecule is Cc1ccc(OCCCc2cccc(N)c2)c([N+](=O)[O-])c1. The number of nitro benzene ring substituents is 1. The molecule has 0 radical (unpaired) electrons. The second-order valence-corrected chi connectivity index (χ2v) is 4.93. The molecule has 0 aliphatic carbocycles. The van der Waals surface area contributed by atoms with E-state index < -0.39 is 4.92 Å². The second-order valence-electron chi connectivity index (χ2n) is 4.93. The van der Waals surface area contributed by atoms with Gasteiger partial charge in [-0.15, -0.1) is 0 Å². The van der Waals surface area contributed by atoms with Crippen LogP contribution in [0.2, 0.25) is 0 Å². The number of rotatable bonds is 6. The van der Waals surface area contributed by atoms with E-state index in [0.717, 1.165) is 29.7 Å². The van der Waals surface area contributed by atoms with Crippen LogP contribution in [0.25, 0.3) is 0 Å². The Balaban J connectivity index is 1.90. The first-order valence-electron chi connectivity index (χ1n) is 6.78. The van der Waals surface area contributed by atoms with Gasteiger partial charge in [0.1, 0.15) is 0 Å². The Morgan fingerprint density at radius 3 is 2.76 bits per heavy atom. The van der Waals surface area contributed by atoms with Crippen LogP contribution < -0.4 is 10.5 Å². The zero-order valence-corrected chi connectivity index (χ0v) is 11.9. The number of ether oxygens (including phenoxy) is 1.